The summed E-state index contributed by atoms with van der Waals surface area (Å²) in [5.74, 6) is 0. The molecule has 0 fully saturated rings. The number of fused-ring (bicyclic) bond motifs is 3. The molecule has 2 nitrogen and oxygen atoms in total. The van der Waals surface area contributed by atoms with Crippen LogP contribution in [0.1, 0.15) is 22.3 Å². The van der Waals surface area contributed by atoms with E-state index in [0.29, 0.717) is 0 Å². The lowest BCUT2D eigenvalue weighted by Crippen LogP contribution is -2.59. The molecule has 0 aliphatic carbocycles. The van der Waals surface area contributed by atoms with Gasteiger partial charge in [0.15, 0.2) is 0 Å². The van der Waals surface area contributed by atoms with Crippen LogP contribution in [0.5, 0.6) is 0 Å². The lowest BCUT2D eigenvalue weighted by Gasteiger charge is -2.32. The molecule has 1 aromatic carbocycles. The fourth-order valence-corrected chi connectivity index (χ4v) is 10.1. The van der Waals surface area contributed by atoms with Gasteiger partial charge in [0.1, 0.15) is 0 Å². The number of hydrogen-bond donors (Lipinski definition) is 0. The molecule has 20 heavy (non-hydrogen) atoms. The summed E-state index contributed by atoms with van der Waals surface area (Å²) in [4.78, 5) is 0. The highest BCUT2D eigenvalue weighted by atomic mass is 28.3. The monoisotopic (exact) mass is 306 g/mol. The van der Waals surface area contributed by atoms with Gasteiger partial charge in [-0.3, -0.25) is 0 Å². The van der Waals surface area contributed by atoms with Gasteiger partial charge in [-0.15, -0.1) is 0 Å². The largest absolute Gasteiger partial charge is 0.372 e. The Balaban J connectivity index is 2.41. The van der Waals surface area contributed by atoms with Crippen LogP contribution in [0.15, 0.2) is 0 Å². The van der Waals surface area contributed by atoms with Gasteiger partial charge in [0.2, 0.25) is 0 Å². The van der Waals surface area contributed by atoms with Crippen molar-refractivity contribution in [1.29, 1.82) is 0 Å². The lowest BCUT2D eigenvalue weighted by atomic mass is 9.99. The second-order valence-electron chi connectivity index (χ2n) is 8.15. The van der Waals surface area contributed by atoms with E-state index in [9.17, 15) is 0 Å². The molecular formula is C16H26O2Si2. The Bertz CT molecular complexity index is 515. The first-order valence-electron chi connectivity index (χ1n) is 7.57. The van der Waals surface area contributed by atoms with Crippen LogP contribution in [-0.2, 0) is 35.9 Å². The topological polar surface area (TPSA) is 18.5 Å². The maximum Gasteiger partial charge on any atom is 0.0779 e. The zero-order valence-electron chi connectivity index (χ0n) is 13.6. The Labute approximate surface area is 124 Å². The van der Waals surface area contributed by atoms with Gasteiger partial charge in [-0.1, -0.05) is 49.7 Å². The summed E-state index contributed by atoms with van der Waals surface area (Å²) in [6.45, 7) is 18.1. The van der Waals surface area contributed by atoms with Crippen LogP contribution in [0.25, 0.3) is 0 Å². The summed E-state index contributed by atoms with van der Waals surface area (Å²) in [6, 6.07) is 0. The first-order valence-corrected chi connectivity index (χ1v) is 14.6. The molecule has 2 aliphatic heterocycles. The summed E-state index contributed by atoms with van der Waals surface area (Å²) in [7, 11) is -2.78. The zero-order valence-corrected chi connectivity index (χ0v) is 15.6. The molecule has 0 amide bonds. The number of benzene rings is 1. The third kappa shape index (κ3) is 2.13. The van der Waals surface area contributed by atoms with Gasteiger partial charge < -0.3 is 9.47 Å². The number of rotatable bonds is 2. The molecule has 2 heterocycles. The molecule has 0 unspecified atom stereocenters. The van der Waals surface area contributed by atoms with Crippen LogP contribution in [-0.4, -0.2) is 16.1 Å². The maximum atomic E-state index is 5.83. The minimum atomic E-state index is -1.39. The average Bonchev–Trinajstić information content (AvgIpc) is 2.91. The van der Waals surface area contributed by atoms with Crippen molar-refractivity contribution in [3.05, 3.63) is 22.3 Å². The van der Waals surface area contributed by atoms with Gasteiger partial charge in [-0.05, 0) is 22.3 Å². The normalized spacial score (nSPS) is 18.3. The van der Waals surface area contributed by atoms with E-state index in [2.05, 4.69) is 39.3 Å². The highest BCUT2D eigenvalue weighted by Crippen LogP contribution is 2.32. The van der Waals surface area contributed by atoms with Crippen LogP contribution >= 0.6 is 0 Å². The van der Waals surface area contributed by atoms with Crippen molar-refractivity contribution in [2.45, 2.75) is 65.7 Å². The minimum Gasteiger partial charge on any atom is -0.372 e. The van der Waals surface area contributed by atoms with Crippen LogP contribution in [0.2, 0.25) is 39.3 Å². The Morgan fingerprint density at radius 2 is 0.850 bits per heavy atom. The standard InChI is InChI=1S/C16H26O2Si2/c1-19(2,3)15-13-9-17-7-11(13)12-8-18-10-14(12)16(15)20(4,5)6/h7-10H2,1-6H3. The Morgan fingerprint density at radius 1 is 0.550 bits per heavy atom. The van der Waals surface area contributed by atoms with Crippen molar-refractivity contribution in [2.24, 2.45) is 0 Å². The molecule has 2 aliphatic rings. The molecule has 0 N–H and O–H groups in total. The van der Waals surface area contributed by atoms with Crippen molar-refractivity contribution >= 4 is 26.5 Å². The van der Waals surface area contributed by atoms with Gasteiger partial charge in [0, 0.05) is 0 Å². The smallest absolute Gasteiger partial charge is 0.0779 e. The van der Waals surface area contributed by atoms with E-state index in [-0.39, 0.29) is 0 Å². The summed E-state index contributed by atoms with van der Waals surface area (Å²) in [6.07, 6.45) is 0. The highest BCUT2D eigenvalue weighted by Gasteiger charge is 2.38. The average molecular weight is 307 g/mol. The maximum absolute atomic E-state index is 5.83. The van der Waals surface area contributed by atoms with E-state index in [1.807, 2.05) is 0 Å². The second kappa shape index (κ2) is 4.53. The molecular weight excluding hydrogens is 280 g/mol. The molecule has 0 saturated heterocycles. The van der Waals surface area contributed by atoms with Crippen LogP contribution < -0.4 is 10.4 Å². The van der Waals surface area contributed by atoms with E-state index < -0.39 is 16.1 Å². The minimum absolute atomic E-state index is 0.796. The van der Waals surface area contributed by atoms with Crippen molar-refractivity contribution in [3.63, 3.8) is 0 Å². The van der Waals surface area contributed by atoms with Gasteiger partial charge >= 0.3 is 0 Å². The lowest BCUT2D eigenvalue weighted by molar-refractivity contribution is 0.127. The van der Waals surface area contributed by atoms with Gasteiger partial charge in [-0.2, -0.15) is 0 Å². The third-order valence-electron chi connectivity index (χ3n) is 4.43. The molecule has 3 rings (SSSR count). The molecule has 0 saturated carbocycles. The summed E-state index contributed by atoms with van der Waals surface area (Å²) >= 11 is 0. The SMILES string of the molecule is C[Si](C)(C)c1c2c(c3c(c1[Si](C)(C)C)COC3)COC2. The molecule has 0 aromatic heterocycles. The van der Waals surface area contributed by atoms with E-state index in [1.165, 1.54) is 22.3 Å². The van der Waals surface area contributed by atoms with Crippen molar-refractivity contribution in [2.75, 3.05) is 0 Å². The molecule has 0 spiro atoms. The number of hydrogen-bond acceptors (Lipinski definition) is 2. The van der Waals surface area contributed by atoms with Crippen molar-refractivity contribution in [3.8, 4) is 0 Å². The van der Waals surface area contributed by atoms with Gasteiger partial charge in [-0.25, -0.2) is 0 Å². The van der Waals surface area contributed by atoms with E-state index in [0.717, 1.165) is 26.4 Å². The molecule has 110 valence electrons. The second-order valence-corrected chi connectivity index (χ2v) is 18.1. The molecule has 4 heteroatoms. The predicted octanol–water partition coefficient (Wildman–Crippen LogP) is 2.84. The summed E-state index contributed by atoms with van der Waals surface area (Å²) in [5, 5.41) is 3.40. The van der Waals surface area contributed by atoms with Crippen molar-refractivity contribution < 1.29 is 9.47 Å². The van der Waals surface area contributed by atoms with E-state index in [1.54, 1.807) is 10.4 Å². The summed E-state index contributed by atoms with van der Waals surface area (Å²) < 4.78 is 11.7. The van der Waals surface area contributed by atoms with Crippen molar-refractivity contribution in [1.82, 2.24) is 0 Å². The Hall–Kier alpha value is -0.426. The van der Waals surface area contributed by atoms with Crippen LogP contribution in [0, 0.1) is 0 Å². The predicted molar refractivity (Wildman–Crippen MR) is 89.4 cm³/mol. The Morgan fingerprint density at radius 3 is 1.15 bits per heavy atom. The number of ether oxygens (including phenoxy) is 2. The Kier molecular flexibility index (Phi) is 3.29. The quantitative estimate of drug-likeness (QED) is 0.782. The van der Waals surface area contributed by atoms with E-state index >= 15 is 0 Å². The molecule has 0 radical (unpaired) electrons. The van der Waals surface area contributed by atoms with Gasteiger partial charge in [0.05, 0.1) is 42.6 Å². The van der Waals surface area contributed by atoms with Crippen LogP contribution in [0.4, 0.5) is 0 Å². The summed E-state index contributed by atoms with van der Waals surface area (Å²) in [5.41, 5.74) is 6.01. The molecule has 1 aromatic rings. The third-order valence-corrected chi connectivity index (χ3v) is 8.79. The first kappa shape index (κ1) is 14.5. The fourth-order valence-electron chi connectivity index (χ4n) is 3.80. The molecule has 0 bridgehead atoms. The fraction of sp³-hybridized carbons (Fsp3) is 0.625. The molecule has 0 atom stereocenters. The highest BCUT2D eigenvalue weighted by molar-refractivity contribution is 6.99. The van der Waals surface area contributed by atoms with E-state index in [4.69, 9.17) is 9.47 Å². The first-order chi connectivity index (χ1) is 9.21. The van der Waals surface area contributed by atoms with Crippen LogP contribution in [0.3, 0.4) is 0 Å². The zero-order chi connectivity index (χ0) is 14.7. The van der Waals surface area contributed by atoms with Gasteiger partial charge in [0.25, 0.3) is 0 Å².